The molecule has 0 spiro atoms. The number of likely N-dealkylation sites (tertiary alicyclic amines) is 1. The number of hydrogen-bond acceptors (Lipinski definition) is 3. The standard InChI is InChI=1S/C16H32N2O/c1-14(2)7-12-19-13-11-18-9-5-15(6-10-18)16-4-3-8-17-16/h14-17H,3-13H2,1-2H3. The molecule has 2 heterocycles. The molecular weight excluding hydrogens is 236 g/mol. The summed E-state index contributed by atoms with van der Waals surface area (Å²) in [6.45, 7) is 11.3. The van der Waals surface area contributed by atoms with Crippen LogP contribution in [0, 0.1) is 11.8 Å². The Labute approximate surface area is 119 Å². The van der Waals surface area contributed by atoms with Gasteiger partial charge in [0.25, 0.3) is 0 Å². The molecule has 3 nitrogen and oxygen atoms in total. The predicted molar refractivity (Wildman–Crippen MR) is 80.5 cm³/mol. The maximum Gasteiger partial charge on any atom is 0.0593 e. The largest absolute Gasteiger partial charge is 0.380 e. The van der Waals surface area contributed by atoms with Crippen LogP contribution in [0.3, 0.4) is 0 Å². The van der Waals surface area contributed by atoms with Crippen molar-refractivity contribution in [2.24, 2.45) is 11.8 Å². The molecule has 112 valence electrons. The fraction of sp³-hybridized carbons (Fsp3) is 1.00. The first-order chi connectivity index (χ1) is 9.25. The molecule has 0 aromatic rings. The van der Waals surface area contributed by atoms with E-state index in [4.69, 9.17) is 4.74 Å². The van der Waals surface area contributed by atoms with Crippen molar-refractivity contribution in [3.63, 3.8) is 0 Å². The fourth-order valence-corrected chi connectivity index (χ4v) is 3.31. The van der Waals surface area contributed by atoms with Crippen LogP contribution in [0.25, 0.3) is 0 Å². The molecule has 0 aromatic carbocycles. The van der Waals surface area contributed by atoms with Crippen molar-refractivity contribution < 1.29 is 4.74 Å². The molecule has 1 atom stereocenters. The van der Waals surface area contributed by atoms with E-state index in [1.165, 1.54) is 51.7 Å². The minimum Gasteiger partial charge on any atom is -0.380 e. The molecular formula is C16H32N2O. The second kappa shape index (κ2) is 8.23. The third-order valence-corrected chi connectivity index (χ3v) is 4.69. The van der Waals surface area contributed by atoms with E-state index in [2.05, 4.69) is 24.1 Å². The normalized spacial score (nSPS) is 26.4. The summed E-state index contributed by atoms with van der Waals surface area (Å²) >= 11 is 0. The zero-order valence-electron chi connectivity index (χ0n) is 12.9. The van der Waals surface area contributed by atoms with Gasteiger partial charge in [-0.05, 0) is 63.6 Å². The van der Waals surface area contributed by atoms with Gasteiger partial charge in [-0.2, -0.15) is 0 Å². The van der Waals surface area contributed by atoms with Crippen LogP contribution in [0.1, 0.15) is 46.0 Å². The van der Waals surface area contributed by atoms with Crippen molar-refractivity contribution in [1.29, 1.82) is 0 Å². The number of ether oxygens (including phenoxy) is 1. The summed E-state index contributed by atoms with van der Waals surface area (Å²) in [5.74, 6) is 1.69. The van der Waals surface area contributed by atoms with Gasteiger partial charge in [-0.15, -0.1) is 0 Å². The zero-order valence-corrected chi connectivity index (χ0v) is 12.9. The number of hydrogen-bond donors (Lipinski definition) is 1. The third-order valence-electron chi connectivity index (χ3n) is 4.69. The number of piperidine rings is 1. The third kappa shape index (κ3) is 5.41. The van der Waals surface area contributed by atoms with Gasteiger partial charge in [0.05, 0.1) is 6.61 Å². The van der Waals surface area contributed by atoms with Crippen LogP contribution in [0.2, 0.25) is 0 Å². The highest BCUT2D eigenvalue weighted by molar-refractivity contribution is 4.85. The van der Waals surface area contributed by atoms with Gasteiger partial charge in [0.2, 0.25) is 0 Å². The van der Waals surface area contributed by atoms with Crippen LogP contribution in [-0.4, -0.2) is 50.3 Å². The van der Waals surface area contributed by atoms with E-state index in [1.54, 1.807) is 0 Å². The van der Waals surface area contributed by atoms with E-state index in [-0.39, 0.29) is 0 Å². The average molecular weight is 268 g/mol. The molecule has 0 aliphatic carbocycles. The van der Waals surface area contributed by atoms with Crippen LogP contribution in [-0.2, 0) is 4.74 Å². The second-order valence-corrected chi connectivity index (χ2v) is 6.68. The Hall–Kier alpha value is -0.120. The number of rotatable bonds is 7. The smallest absolute Gasteiger partial charge is 0.0593 e. The summed E-state index contributed by atoms with van der Waals surface area (Å²) in [7, 11) is 0. The molecule has 19 heavy (non-hydrogen) atoms. The molecule has 0 amide bonds. The molecule has 2 rings (SSSR count). The molecule has 1 N–H and O–H groups in total. The minimum absolute atomic E-state index is 0.759. The van der Waals surface area contributed by atoms with E-state index in [0.717, 1.165) is 37.6 Å². The Morgan fingerprint density at radius 2 is 1.95 bits per heavy atom. The Balaban J connectivity index is 1.51. The predicted octanol–water partition coefficient (Wildman–Crippen LogP) is 2.51. The minimum atomic E-state index is 0.759. The van der Waals surface area contributed by atoms with Gasteiger partial charge in [0, 0.05) is 19.2 Å². The summed E-state index contributed by atoms with van der Waals surface area (Å²) in [5, 5.41) is 3.67. The second-order valence-electron chi connectivity index (χ2n) is 6.68. The monoisotopic (exact) mass is 268 g/mol. The van der Waals surface area contributed by atoms with Crippen molar-refractivity contribution in [3.8, 4) is 0 Å². The maximum atomic E-state index is 5.72. The van der Waals surface area contributed by atoms with Crippen LogP contribution in [0.4, 0.5) is 0 Å². The summed E-state index contributed by atoms with van der Waals surface area (Å²) in [6.07, 6.45) is 6.74. The highest BCUT2D eigenvalue weighted by Crippen LogP contribution is 2.25. The van der Waals surface area contributed by atoms with Crippen LogP contribution < -0.4 is 5.32 Å². The number of nitrogens with zero attached hydrogens (tertiary/aromatic N) is 1. The fourth-order valence-electron chi connectivity index (χ4n) is 3.31. The molecule has 1 unspecified atom stereocenters. The van der Waals surface area contributed by atoms with Gasteiger partial charge < -0.3 is 15.0 Å². The van der Waals surface area contributed by atoms with Crippen molar-refractivity contribution in [2.45, 2.75) is 52.0 Å². The Bertz CT molecular complexity index is 231. The number of nitrogens with one attached hydrogen (secondary N) is 1. The van der Waals surface area contributed by atoms with Crippen molar-refractivity contribution in [1.82, 2.24) is 10.2 Å². The van der Waals surface area contributed by atoms with E-state index >= 15 is 0 Å². The van der Waals surface area contributed by atoms with Crippen molar-refractivity contribution in [2.75, 3.05) is 39.4 Å². The van der Waals surface area contributed by atoms with E-state index in [9.17, 15) is 0 Å². The Kier molecular flexibility index (Phi) is 6.62. The lowest BCUT2D eigenvalue weighted by atomic mass is 9.88. The van der Waals surface area contributed by atoms with Gasteiger partial charge in [-0.3, -0.25) is 0 Å². The summed E-state index contributed by atoms with van der Waals surface area (Å²) in [5.41, 5.74) is 0. The zero-order chi connectivity index (χ0) is 13.5. The SMILES string of the molecule is CC(C)CCOCCN1CCC(C2CCCN2)CC1. The lowest BCUT2D eigenvalue weighted by Crippen LogP contribution is -2.41. The lowest BCUT2D eigenvalue weighted by molar-refractivity contribution is 0.0792. The maximum absolute atomic E-state index is 5.72. The van der Waals surface area contributed by atoms with Crippen LogP contribution in [0.5, 0.6) is 0 Å². The molecule has 3 heteroatoms. The molecule has 0 saturated carbocycles. The lowest BCUT2D eigenvalue weighted by Gasteiger charge is -2.34. The highest BCUT2D eigenvalue weighted by Gasteiger charge is 2.27. The van der Waals surface area contributed by atoms with Gasteiger partial charge in [-0.1, -0.05) is 13.8 Å². The first-order valence-electron chi connectivity index (χ1n) is 8.29. The van der Waals surface area contributed by atoms with Gasteiger partial charge in [-0.25, -0.2) is 0 Å². The van der Waals surface area contributed by atoms with Crippen LogP contribution >= 0.6 is 0 Å². The van der Waals surface area contributed by atoms with Gasteiger partial charge >= 0.3 is 0 Å². The van der Waals surface area contributed by atoms with Gasteiger partial charge in [0.1, 0.15) is 0 Å². The first kappa shape index (κ1) is 15.3. The van der Waals surface area contributed by atoms with E-state index < -0.39 is 0 Å². The van der Waals surface area contributed by atoms with Crippen molar-refractivity contribution in [3.05, 3.63) is 0 Å². The van der Waals surface area contributed by atoms with Crippen molar-refractivity contribution >= 4 is 0 Å². The molecule has 2 saturated heterocycles. The first-order valence-corrected chi connectivity index (χ1v) is 8.29. The topological polar surface area (TPSA) is 24.5 Å². The highest BCUT2D eigenvalue weighted by atomic mass is 16.5. The summed E-state index contributed by atoms with van der Waals surface area (Å²) in [6, 6.07) is 0.824. The van der Waals surface area contributed by atoms with Crippen LogP contribution in [0.15, 0.2) is 0 Å². The Morgan fingerprint density at radius 1 is 1.16 bits per heavy atom. The molecule has 0 radical (unpaired) electrons. The summed E-state index contributed by atoms with van der Waals surface area (Å²) in [4.78, 5) is 2.58. The molecule has 2 aliphatic rings. The molecule has 0 aromatic heterocycles. The molecule has 0 bridgehead atoms. The van der Waals surface area contributed by atoms with Gasteiger partial charge in [0.15, 0.2) is 0 Å². The molecule has 2 fully saturated rings. The summed E-state index contributed by atoms with van der Waals surface area (Å²) < 4.78 is 5.72. The van der Waals surface area contributed by atoms with E-state index in [1.807, 2.05) is 0 Å². The average Bonchev–Trinajstić information content (AvgIpc) is 2.93. The quantitative estimate of drug-likeness (QED) is 0.718. The molecule has 2 aliphatic heterocycles. The Morgan fingerprint density at radius 3 is 2.58 bits per heavy atom. The van der Waals surface area contributed by atoms with E-state index in [0.29, 0.717) is 0 Å².